The van der Waals surface area contributed by atoms with Crippen LogP contribution in [-0.2, 0) is 0 Å². The minimum Gasteiger partial charge on any atom is -0.405 e. The maximum atomic E-state index is 12.3. The van der Waals surface area contributed by atoms with Gasteiger partial charge in [-0.1, -0.05) is 24.3 Å². The van der Waals surface area contributed by atoms with Crippen LogP contribution in [0.5, 0.6) is 5.75 Å². The highest BCUT2D eigenvalue weighted by Gasteiger charge is 2.32. The second-order valence-electron chi connectivity index (χ2n) is 4.08. The lowest BCUT2D eigenvalue weighted by Gasteiger charge is -2.14. The molecule has 1 aliphatic heterocycles. The fourth-order valence-corrected chi connectivity index (χ4v) is 1.99. The third-order valence-electron chi connectivity index (χ3n) is 2.75. The summed E-state index contributed by atoms with van der Waals surface area (Å²) < 4.78 is 41.0. The van der Waals surface area contributed by atoms with Crippen molar-refractivity contribution in [1.29, 1.82) is 0 Å². The molecule has 2 rings (SSSR count). The summed E-state index contributed by atoms with van der Waals surface area (Å²) in [5.41, 5.74) is 1.43. The Morgan fingerprint density at radius 3 is 2.72 bits per heavy atom. The van der Waals surface area contributed by atoms with E-state index in [1.807, 2.05) is 6.08 Å². The number of para-hydroxylation sites is 1. The Balaban J connectivity index is 2.29. The van der Waals surface area contributed by atoms with Crippen LogP contribution >= 0.6 is 0 Å². The molecule has 1 aliphatic rings. The zero-order valence-electron chi connectivity index (χ0n) is 9.76. The van der Waals surface area contributed by atoms with Crippen LogP contribution in [0.1, 0.15) is 18.4 Å². The highest BCUT2D eigenvalue weighted by molar-refractivity contribution is 5.70. The van der Waals surface area contributed by atoms with Crippen molar-refractivity contribution in [3.8, 4) is 5.75 Å². The molecular weight excluding hydrogens is 243 g/mol. The average molecular weight is 257 g/mol. The molecule has 0 unspecified atom stereocenters. The molecule has 5 heteroatoms. The number of halogens is 3. The van der Waals surface area contributed by atoms with Crippen molar-refractivity contribution < 1.29 is 17.9 Å². The quantitative estimate of drug-likeness (QED) is 0.877. The Morgan fingerprint density at radius 2 is 1.94 bits per heavy atom. The summed E-state index contributed by atoms with van der Waals surface area (Å²) in [5, 5.41) is 3.18. The summed E-state index contributed by atoms with van der Waals surface area (Å²) in [6.45, 7) is 1.55. The molecule has 0 spiro atoms. The van der Waals surface area contributed by atoms with Gasteiger partial charge in [0.25, 0.3) is 0 Å². The van der Waals surface area contributed by atoms with E-state index < -0.39 is 6.36 Å². The van der Waals surface area contributed by atoms with E-state index >= 15 is 0 Å². The van der Waals surface area contributed by atoms with Gasteiger partial charge in [0.05, 0.1) is 0 Å². The van der Waals surface area contributed by atoms with E-state index in [0.717, 1.165) is 25.0 Å². The number of hydrogen-bond acceptors (Lipinski definition) is 2. The van der Waals surface area contributed by atoms with E-state index in [4.69, 9.17) is 0 Å². The molecule has 1 heterocycles. The van der Waals surface area contributed by atoms with E-state index in [1.165, 1.54) is 6.07 Å². The first-order valence-electron chi connectivity index (χ1n) is 5.81. The Kier molecular flexibility index (Phi) is 3.91. The summed E-state index contributed by atoms with van der Waals surface area (Å²) in [7, 11) is 0. The van der Waals surface area contributed by atoms with Crippen molar-refractivity contribution in [2.75, 3.05) is 13.1 Å². The second kappa shape index (κ2) is 5.44. The van der Waals surface area contributed by atoms with Crippen LogP contribution in [0.2, 0.25) is 0 Å². The molecule has 2 nitrogen and oxygen atoms in total. The van der Waals surface area contributed by atoms with E-state index in [9.17, 15) is 13.2 Å². The lowest BCUT2D eigenvalue weighted by atomic mass is 10.0. The van der Waals surface area contributed by atoms with Crippen molar-refractivity contribution in [3.05, 3.63) is 35.9 Å². The fourth-order valence-electron chi connectivity index (χ4n) is 1.99. The lowest BCUT2D eigenvalue weighted by Crippen LogP contribution is -2.18. The molecular formula is C13H14F3NO. The van der Waals surface area contributed by atoms with Gasteiger partial charge in [-0.15, -0.1) is 13.2 Å². The van der Waals surface area contributed by atoms with Crippen LogP contribution in [0.3, 0.4) is 0 Å². The summed E-state index contributed by atoms with van der Waals surface area (Å²) in [6.07, 6.45) is -1.07. The molecule has 0 amide bonds. The first-order valence-corrected chi connectivity index (χ1v) is 5.81. The zero-order chi connectivity index (χ0) is 13.0. The molecule has 18 heavy (non-hydrogen) atoms. The predicted octanol–water partition coefficient (Wildman–Crippen LogP) is 3.35. The van der Waals surface area contributed by atoms with Crippen molar-refractivity contribution in [2.45, 2.75) is 19.2 Å². The zero-order valence-corrected chi connectivity index (χ0v) is 9.76. The van der Waals surface area contributed by atoms with Crippen molar-refractivity contribution in [3.63, 3.8) is 0 Å². The van der Waals surface area contributed by atoms with Gasteiger partial charge < -0.3 is 10.1 Å². The third kappa shape index (κ3) is 3.50. The topological polar surface area (TPSA) is 21.3 Å². The van der Waals surface area contributed by atoms with Gasteiger partial charge in [0.2, 0.25) is 0 Å². The Morgan fingerprint density at radius 1 is 1.17 bits per heavy atom. The predicted molar refractivity (Wildman–Crippen MR) is 63.2 cm³/mol. The molecule has 0 saturated heterocycles. The molecule has 0 aromatic heterocycles. The molecule has 0 bridgehead atoms. The van der Waals surface area contributed by atoms with Crippen LogP contribution < -0.4 is 10.1 Å². The van der Waals surface area contributed by atoms with Crippen LogP contribution in [0.25, 0.3) is 5.57 Å². The molecule has 0 radical (unpaired) electrons. The molecule has 98 valence electrons. The van der Waals surface area contributed by atoms with Gasteiger partial charge in [-0.05, 0) is 31.0 Å². The van der Waals surface area contributed by atoms with E-state index in [2.05, 4.69) is 10.1 Å². The van der Waals surface area contributed by atoms with E-state index in [0.29, 0.717) is 12.1 Å². The molecule has 0 atom stereocenters. The maximum absolute atomic E-state index is 12.3. The van der Waals surface area contributed by atoms with Gasteiger partial charge in [-0.2, -0.15) is 0 Å². The van der Waals surface area contributed by atoms with Crippen LogP contribution in [0.15, 0.2) is 30.3 Å². The van der Waals surface area contributed by atoms with Gasteiger partial charge >= 0.3 is 6.36 Å². The Hall–Kier alpha value is -1.49. The number of benzene rings is 1. The standard InChI is InChI=1S/C13H14F3NO/c14-13(15,16)18-12-6-2-1-5-11(12)10-4-3-8-17-9-7-10/h1-2,5-7,17H,3-4,8-9H2. The number of nitrogens with one attached hydrogen (secondary N) is 1. The fraction of sp³-hybridized carbons (Fsp3) is 0.385. The first kappa shape index (κ1) is 13.0. The number of allylic oxidation sites excluding steroid dienone is 1. The summed E-state index contributed by atoms with van der Waals surface area (Å²) in [4.78, 5) is 0. The van der Waals surface area contributed by atoms with Crippen LogP contribution in [0.4, 0.5) is 13.2 Å². The molecule has 0 saturated carbocycles. The molecule has 0 aliphatic carbocycles. The van der Waals surface area contributed by atoms with Crippen molar-refractivity contribution >= 4 is 5.57 Å². The van der Waals surface area contributed by atoms with E-state index in [1.54, 1.807) is 18.2 Å². The van der Waals surface area contributed by atoms with Crippen molar-refractivity contribution in [2.24, 2.45) is 0 Å². The summed E-state index contributed by atoms with van der Waals surface area (Å²) in [5.74, 6) is -0.127. The van der Waals surface area contributed by atoms with Crippen LogP contribution in [0, 0.1) is 0 Å². The average Bonchev–Trinajstić information content (AvgIpc) is 2.56. The maximum Gasteiger partial charge on any atom is 0.573 e. The first-order chi connectivity index (χ1) is 8.56. The monoisotopic (exact) mass is 257 g/mol. The van der Waals surface area contributed by atoms with Gasteiger partial charge in [-0.25, -0.2) is 0 Å². The minimum absolute atomic E-state index is 0.127. The molecule has 1 N–H and O–H groups in total. The smallest absolute Gasteiger partial charge is 0.405 e. The van der Waals surface area contributed by atoms with E-state index in [-0.39, 0.29) is 5.75 Å². The van der Waals surface area contributed by atoms with Crippen molar-refractivity contribution in [1.82, 2.24) is 5.32 Å². The largest absolute Gasteiger partial charge is 0.573 e. The van der Waals surface area contributed by atoms with Gasteiger partial charge in [-0.3, -0.25) is 0 Å². The van der Waals surface area contributed by atoms with Crippen LogP contribution in [-0.4, -0.2) is 19.5 Å². The number of rotatable bonds is 2. The Bertz CT molecular complexity index is 440. The Labute approximate surface area is 103 Å². The highest BCUT2D eigenvalue weighted by Crippen LogP contribution is 2.33. The third-order valence-corrected chi connectivity index (χ3v) is 2.75. The molecule has 0 fully saturated rings. The molecule has 1 aromatic rings. The SMILES string of the molecule is FC(F)(F)Oc1ccccc1C1=CCNCCC1. The van der Waals surface area contributed by atoms with Gasteiger partial charge in [0.15, 0.2) is 0 Å². The number of ether oxygens (including phenoxy) is 1. The second-order valence-corrected chi connectivity index (χ2v) is 4.08. The van der Waals surface area contributed by atoms with Gasteiger partial charge in [0.1, 0.15) is 5.75 Å². The number of alkyl halides is 3. The minimum atomic E-state index is -4.65. The number of hydrogen-bond donors (Lipinski definition) is 1. The summed E-state index contributed by atoms with van der Waals surface area (Å²) in [6, 6.07) is 6.28. The molecule has 1 aromatic carbocycles. The summed E-state index contributed by atoms with van der Waals surface area (Å²) >= 11 is 0. The normalized spacial score (nSPS) is 16.9. The highest BCUT2D eigenvalue weighted by atomic mass is 19.4. The van der Waals surface area contributed by atoms with Gasteiger partial charge in [0, 0.05) is 12.1 Å². The lowest BCUT2D eigenvalue weighted by molar-refractivity contribution is -0.274.